The molecule has 0 saturated carbocycles. The predicted molar refractivity (Wildman–Crippen MR) is 79.2 cm³/mol. The molecular formula is C14H13BrN2O3. The molecule has 20 heavy (non-hydrogen) atoms. The van der Waals surface area contributed by atoms with Crippen LogP contribution >= 0.6 is 15.9 Å². The van der Waals surface area contributed by atoms with Gasteiger partial charge in [-0.25, -0.2) is 4.98 Å². The van der Waals surface area contributed by atoms with Crippen molar-refractivity contribution in [3.05, 3.63) is 56.7 Å². The third kappa shape index (κ3) is 3.33. The van der Waals surface area contributed by atoms with E-state index in [-0.39, 0.29) is 5.69 Å². The molecule has 0 aliphatic carbocycles. The Bertz CT molecular complexity index is 627. The maximum absolute atomic E-state index is 10.6. The molecule has 0 spiro atoms. The molecule has 1 aromatic carbocycles. The lowest BCUT2D eigenvalue weighted by atomic mass is 10.0. The first-order valence-corrected chi connectivity index (χ1v) is 6.84. The molecule has 0 radical (unpaired) electrons. The third-order valence-electron chi connectivity index (χ3n) is 2.74. The number of hydrogen-bond donors (Lipinski definition) is 0. The number of benzene rings is 1. The maximum Gasteiger partial charge on any atom is 0.287 e. The van der Waals surface area contributed by atoms with E-state index in [1.807, 2.05) is 18.2 Å². The lowest BCUT2D eigenvalue weighted by Gasteiger charge is -2.13. The molecule has 0 saturated heterocycles. The Kier molecular flexibility index (Phi) is 4.34. The molecule has 2 aromatic rings. The first kappa shape index (κ1) is 14.5. The summed E-state index contributed by atoms with van der Waals surface area (Å²) in [6.07, 6.45) is 1.18. The third-order valence-corrected chi connectivity index (χ3v) is 3.23. The van der Waals surface area contributed by atoms with Crippen molar-refractivity contribution in [2.24, 2.45) is 0 Å². The Morgan fingerprint density at radius 2 is 2.05 bits per heavy atom. The molecule has 6 heteroatoms. The van der Waals surface area contributed by atoms with Crippen LogP contribution < -0.4 is 4.74 Å². The molecule has 0 N–H and O–H groups in total. The normalized spacial score (nSPS) is 10.6. The van der Waals surface area contributed by atoms with Crippen LogP contribution in [0.2, 0.25) is 0 Å². The van der Waals surface area contributed by atoms with E-state index >= 15 is 0 Å². The fraction of sp³-hybridized carbons (Fsp3) is 0.214. The van der Waals surface area contributed by atoms with Crippen LogP contribution in [0.1, 0.15) is 25.3 Å². The molecule has 0 bridgehead atoms. The molecule has 1 aromatic heterocycles. The Labute approximate surface area is 124 Å². The van der Waals surface area contributed by atoms with Gasteiger partial charge in [0.1, 0.15) is 11.9 Å². The summed E-state index contributed by atoms with van der Waals surface area (Å²) in [6.45, 7) is 4.13. The molecule has 0 fully saturated rings. The zero-order chi connectivity index (χ0) is 14.7. The molecule has 0 aliphatic heterocycles. The van der Waals surface area contributed by atoms with Gasteiger partial charge in [-0.1, -0.05) is 29.8 Å². The predicted octanol–water partition coefficient (Wildman–Crippen LogP) is 4.67. The van der Waals surface area contributed by atoms with Crippen LogP contribution in [-0.2, 0) is 0 Å². The number of nitrogens with zero attached hydrogens (tertiary/aromatic N) is 2. The van der Waals surface area contributed by atoms with E-state index in [9.17, 15) is 10.1 Å². The van der Waals surface area contributed by atoms with E-state index < -0.39 is 4.92 Å². The summed E-state index contributed by atoms with van der Waals surface area (Å²) in [6, 6.07) is 8.58. The smallest absolute Gasteiger partial charge is 0.287 e. The lowest BCUT2D eigenvalue weighted by Crippen LogP contribution is -1.96. The number of nitro groups is 1. The summed E-state index contributed by atoms with van der Waals surface area (Å²) in [5, 5.41) is 10.6. The highest BCUT2D eigenvalue weighted by atomic mass is 79.9. The highest BCUT2D eigenvalue weighted by Crippen LogP contribution is 2.32. The SMILES string of the molecule is CC(C)c1cc(Br)ccc1Oc1ccc([N+](=O)[O-])cn1. The standard InChI is InChI=1S/C14H13BrN2O3/c1-9(2)12-7-10(15)3-5-13(12)20-14-6-4-11(8-16-14)17(18)19/h3-9H,1-2H3. The van der Waals surface area contributed by atoms with Crippen molar-refractivity contribution in [3.63, 3.8) is 0 Å². The van der Waals surface area contributed by atoms with E-state index in [0.717, 1.165) is 10.0 Å². The molecule has 0 aliphatic rings. The van der Waals surface area contributed by atoms with Crippen molar-refractivity contribution in [2.75, 3.05) is 0 Å². The van der Waals surface area contributed by atoms with Gasteiger partial charge >= 0.3 is 0 Å². The van der Waals surface area contributed by atoms with Crippen molar-refractivity contribution in [2.45, 2.75) is 19.8 Å². The number of halogens is 1. The molecule has 1 heterocycles. The second-order valence-electron chi connectivity index (χ2n) is 4.55. The van der Waals surface area contributed by atoms with Gasteiger partial charge in [0.2, 0.25) is 5.88 Å². The van der Waals surface area contributed by atoms with Gasteiger partial charge in [-0.3, -0.25) is 10.1 Å². The van der Waals surface area contributed by atoms with Gasteiger partial charge in [0.15, 0.2) is 0 Å². The fourth-order valence-corrected chi connectivity index (χ4v) is 2.10. The largest absolute Gasteiger partial charge is 0.439 e. The summed E-state index contributed by atoms with van der Waals surface area (Å²) < 4.78 is 6.68. The molecule has 0 amide bonds. The van der Waals surface area contributed by atoms with Gasteiger partial charge in [0, 0.05) is 16.6 Å². The summed E-state index contributed by atoms with van der Waals surface area (Å²) in [7, 11) is 0. The van der Waals surface area contributed by atoms with Crippen LogP contribution in [0.4, 0.5) is 5.69 Å². The quantitative estimate of drug-likeness (QED) is 0.601. The molecule has 2 rings (SSSR count). The second-order valence-corrected chi connectivity index (χ2v) is 5.47. The van der Waals surface area contributed by atoms with E-state index in [4.69, 9.17) is 4.74 Å². The van der Waals surface area contributed by atoms with Gasteiger partial charge in [-0.2, -0.15) is 0 Å². The minimum Gasteiger partial charge on any atom is -0.439 e. The van der Waals surface area contributed by atoms with Gasteiger partial charge in [0.05, 0.1) is 4.92 Å². The first-order chi connectivity index (χ1) is 9.47. The number of ether oxygens (including phenoxy) is 1. The van der Waals surface area contributed by atoms with E-state index in [1.54, 1.807) is 0 Å². The Hall–Kier alpha value is -1.95. The van der Waals surface area contributed by atoms with Crippen LogP contribution in [0, 0.1) is 10.1 Å². The average Bonchev–Trinajstić information content (AvgIpc) is 2.41. The second kappa shape index (κ2) is 6.00. The highest BCUT2D eigenvalue weighted by Gasteiger charge is 2.11. The lowest BCUT2D eigenvalue weighted by molar-refractivity contribution is -0.385. The number of hydrogen-bond acceptors (Lipinski definition) is 4. The van der Waals surface area contributed by atoms with Crippen LogP contribution in [0.15, 0.2) is 41.0 Å². The van der Waals surface area contributed by atoms with Crippen molar-refractivity contribution < 1.29 is 9.66 Å². The average molecular weight is 337 g/mol. The van der Waals surface area contributed by atoms with Gasteiger partial charge in [0.25, 0.3) is 5.69 Å². The Morgan fingerprint density at radius 1 is 1.30 bits per heavy atom. The Morgan fingerprint density at radius 3 is 2.60 bits per heavy atom. The summed E-state index contributed by atoms with van der Waals surface area (Å²) in [5.74, 6) is 1.32. The number of aromatic nitrogens is 1. The molecule has 0 unspecified atom stereocenters. The Balaban J connectivity index is 2.27. The molecule has 5 nitrogen and oxygen atoms in total. The summed E-state index contributed by atoms with van der Waals surface area (Å²) >= 11 is 3.43. The van der Waals surface area contributed by atoms with E-state index in [1.165, 1.54) is 18.3 Å². The highest BCUT2D eigenvalue weighted by molar-refractivity contribution is 9.10. The van der Waals surface area contributed by atoms with Crippen molar-refractivity contribution in [1.82, 2.24) is 4.98 Å². The van der Waals surface area contributed by atoms with Gasteiger partial charge in [-0.15, -0.1) is 0 Å². The van der Waals surface area contributed by atoms with Crippen LogP contribution in [-0.4, -0.2) is 9.91 Å². The van der Waals surface area contributed by atoms with Crippen LogP contribution in [0.25, 0.3) is 0 Å². The van der Waals surface area contributed by atoms with Crippen LogP contribution in [0.5, 0.6) is 11.6 Å². The van der Waals surface area contributed by atoms with E-state index in [2.05, 4.69) is 34.8 Å². The zero-order valence-electron chi connectivity index (χ0n) is 11.0. The molecule has 104 valence electrons. The number of pyridine rings is 1. The fourth-order valence-electron chi connectivity index (χ4n) is 1.72. The van der Waals surface area contributed by atoms with Crippen molar-refractivity contribution in [1.29, 1.82) is 0 Å². The monoisotopic (exact) mass is 336 g/mol. The number of rotatable bonds is 4. The van der Waals surface area contributed by atoms with Crippen molar-refractivity contribution >= 4 is 21.6 Å². The minimum absolute atomic E-state index is 0.0581. The topological polar surface area (TPSA) is 65.3 Å². The summed E-state index contributed by atoms with van der Waals surface area (Å²) in [4.78, 5) is 14.0. The molecule has 0 atom stereocenters. The van der Waals surface area contributed by atoms with Gasteiger partial charge in [-0.05, 0) is 29.7 Å². The minimum atomic E-state index is -0.490. The van der Waals surface area contributed by atoms with Gasteiger partial charge < -0.3 is 4.74 Å². The maximum atomic E-state index is 10.6. The van der Waals surface area contributed by atoms with Crippen LogP contribution in [0.3, 0.4) is 0 Å². The first-order valence-electron chi connectivity index (χ1n) is 6.05. The van der Waals surface area contributed by atoms with Crippen molar-refractivity contribution in [3.8, 4) is 11.6 Å². The van der Waals surface area contributed by atoms with E-state index in [0.29, 0.717) is 17.5 Å². The summed E-state index contributed by atoms with van der Waals surface area (Å²) in [5.41, 5.74) is 0.983. The zero-order valence-corrected chi connectivity index (χ0v) is 12.6. The molecular weight excluding hydrogens is 324 g/mol.